The summed E-state index contributed by atoms with van der Waals surface area (Å²) in [5, 5.41) is 0.454. The zero-order valence-electron chi connectivity index (χ0n) is 5.81. The molecule has 1 aliphatic heterocycles. The van der Waals surface area contributed by atoms with Crippen LogP contribution in [0, 0.1) is 5.82 Å². The molecular weight excluding hydrogens is 246 g/mol. The lowest BCUT2D eigenvalue weighted by Crippen LogP contribution is -1.91. The van der Waals surface area contributed by atoms with Crippen LogP contribution in [0.4, 0.5) is 10.1 Å². The van der Waals surface area contributed by atoms with Crippen molar-refractivity contribution in [2.45, 2.75) is 6.42 Å². The third kappa shape index (κ3) is 1.25. The Bertz CT molecular complexity index is 378. The number of rotatable bonds is 0. The Hall–Kier alpha value is -0.480. The van der Waals surface area contributed by atoms with Crippen LogP contribution in [0.2, 0.25) is 0 Å². The standard InChI is InChI=1S/C7H3BrClFN2/c8-7-3(10)1-4-5(12-7)2-6(9)11-4/h1H,2H2. The number of aromatic nitrogens is 1. The molecule has 0 saturated heterocycles. The number of aliphatic imine (C=N–C) groups is 1. The molecule has 5 heteroatoms. The van der Waals surface area contributed by atoms with Crippen molar-refractivity contribution in [1.82, 2.24) is 4.98 Å². The lowest BCUT2D eigenvalue weighted by molar-refractivity contribution is 0.612. The van der Waals surface area contributed by atoms with Crippen molar-refractivity contribution in [3.8, 4) is 0 Å². The lowest BCUT2D eigenvalue weighted by atomic mass is 10.3. The Labute approximate surface area is 81.6 Å². The molecule has 0 aromatic carbocycles. The van der Waals surface area contributed by atoms with Crippen LogP contribution in [0.5, 0.6) is 0 Å². The summed E-state index contributed by atoms with van der Waals surface area (Å²) in [4.78, 5) is 7.86. The smallest absolute Gasteiger partial charge is 0.158 e. The maximum atomic E-state index is 12.9. The van der Waals surface area contributed by atoms with E-state index in [1.165, 1.54) is 6.07 Å². The number of hydrogen-bond donors (Lipinski definition) is 0. The predicted molar refractivity (Wildman–Crippen MR) is 48.5 cm³/mol. The summed E-state index contributed by atoms with van der Waals surface area (Å²) in [6.07, 6.45) is 0.496. The summed E-state index contributed by atoms with van der Waals surface area (Å²) in [7, 11) is 0. The molecule has 0 spiro atoms. The van der Waals surface area contributed by atoms with Gasteiger partial charge < -0.3 is 0 Å². The monoisotopic (exact) mass is 248 g/mol. The van der Waals surface area contributed by atoms with Crippen molar-refractivity contribution in [2.75, 3.05) is 0 Å². The minimum atomic E-state index is -0.413. The van der Waals surface area contributed by atoms with E-state index in [0.29, 0.717) is 23.0 Å². The molecule has 1 aliphatic rings. The van der Waals surface area contributed by atoms with Gasteiger partial charge in [0.15, 0.2) is 5.82 Å². The van der Waals surface area contributed by atoms with Gasteiger partial charge in [-0.05, 0) is 15.9 Å². The van der Waals surface area contributed by atoms with Crippen molar-refractivity contribution >= 4 is 38.4 Å². The van der Waals surface area contributed by atoms with E-state index in [1.54, 1.807) is 0 Å². The Kier molecular flexibility index (Phi) is 1.88. The molecule has 12 heavy (non-hydrogen) atoms. The molecule has 0 radical (unpaired) electrons. The maximum Gasteiger partial charge on any atom is 0.158 e. The second-order valence-corrected chi connectivity index (χ2v) is 3.58. The summed E-state index contributed by atoms with van der Waals surface area (Å²) in [5.74, 6) is -0.413. The van der Waals surface area contributed by atoms with E-state index in [0.717, 1.165) is 0 Å². The van der Waals surface area contributed by atoms with Crippen molar-refractivity contribution in [1.29, 1.82) is 0 Å². The molecule has 0 fully saturated rings. The van der Waals surface area contributed by atoms with Gasteiger partial charge in [0.2, 0.25) is 0 Å². The van der Waals surface area contributed by atoms with Crippen molar-refractivity contribution in [3.05, 3.63) is 22.2 Å². The first-order valence-corrected chi connectivity index (χ1v) is 4.42. The zero-order chi connectivity index (χ0) is 8.72. The van der Waals surface area contributed by atoms with Crippen LogP contribution in [0.3, 0.4) is 0 Å². The van der Waals surface area contributed by atoms with Crippen LogP contribution in [0.1, 0.15) is 5.69 Å². The predicted octanol–water partition coefficient (Wildman–Crippen LogP) is 2.81. The molecule has 0 bridgehead atoms. The Morgan fingerprint density at radius 3 is 3.08 bits per heavy atom. The first-order chi connectivity index (χ1) is 5.66. The SMILES string of the molecule is Fc1cc2c(nc1Br)CC(Cl)=N2. The largest absolute Gasteiger partial charge is 0.240 e. The van der Waals surface area contributed by atoms with Gasteiger partial charge >= 0.3 is 0 Å². The zero-order valence-corrected chi connectivity index (χ0v) is 8.15. The fourth-order valence-electron chi connectivity index (χ4n) is 1.03. The van der Waals surface area contributed by atoms with Crippen LogP contribution in [-0.2, 0) is 6.42 Å². The van der Waals surface area contributed by atoms with Gasteiger partial charge in [-0.2, -0.15) is 0 Å². The van der Waals surface area contributed by atoms with Gasteiger partial charge in [-0.25, -0.2) is 14.4 Å². The first-order valence-electron chi connectivity index (χ1n) is 3.25. The van der Waals surface area contributed by atoms with E-state index in [2.05, 4.69) is 25.9 Å². The highest BCUT2D eigenvalue weighted by Crippen LogP contribution is 2.29. The molecule has 0 unspecified atom stereocenters. The van der Waals surface area contributed by atoms with Gasteiger partial charge in [0, 0.05) is 12.5 Å². The van der Waals surface area contributed by atoms with Crippen LogP contribution in [0.15, 0.2) is 15.7 Å². The molecule has 0 saturated carbocycles. The Balaban J connectivity index is 2.57. The second kappa shape index (κ2) is 2.78. The highest BCUT2D eigenvalue weighted by Gasteiger charge is 2.16. The van der Waals surface area contributed by atoms with E-state index >= 15 is 0 Å². The maximum absolute atomic E-state index is 12.9. The number of nitrogens with zero attached hydrogens (tertiary/aromatic N) is 2. The van der Waals surface area contributed by atoms with E-state index in [9.17, 15) is 4.39 Å². The summed E-state index contributed by atoms with van der Waals surface area (Å²) >= 11 is 8.64. The molecule has 0 amide bonds. The fourth-order valence-corrected chi connectivity index (χ4v) is 1.57. The van der Waals surface area contributed by atoms with Crippen LogP contribution < -0.4 is 0 Å². The van der Waals surface area contributed by atoms with E-state index < -0.39 is 5.82 Å². The lowest BCUT2D eigenvalue weighted by Gasteiger charge is -1.97. The molecule has 0 N–H and O–H groups in total. The van der Waals surface area contributed by atoms with E-state index in [4.69, 9.17) is 11.6 Å². The quantitative estimate of drug-likeness (QED) is 0.649. The minimum absolute atomic E-state index is 0.211. The highest BCUT2D eigenvalue weighted by atomic mass is 79.9. The van der Waals surface area contributed by atoms with Gasteiger partial charge in [0.25, 0.3) is 0 Å². The van der Waals surface area contributed by atoms with Crippen molar-refractivity contribution in [3.63, 3.8) is 0 Å². The highest BCUT2D eigenvalue weighted by molar-refractivity contribution is 9.10. The minimum Gasteiger partial charge on any atom is -0.240 e. The topological polar surface area (TPSA) is 25.2 Å². The van der Waals surface area contributed by atoms with Crippen LogP contribution in [0.25, 0.3) is 0 Å². The molecule has 1 aromatic heterocycles. The number of halogens is 3. The van der Waals surface area contributed by atoms with Crippen molar-refractivity contribution in [2.24, 2.45) is 4.99 Å². The molecule has 1 aromatic rings. The van der Waals surface area contributed by atoms with Gasteiger partial charge in [-0.15, -0.1) is 0 Å². The molecule has 2 heterocycles. The molecule has 0 aliphatic carbocycles. The first kappa shape index (κ1) is 8.13. The van der Waals surface area contributed by atoms with Gasteiger partial charge in [0.1, 0.15) is 9.77 Å². The summed E-state index contributed by atoms with van der Waals surface area (Å²) < 4.78 is 13.1. The molecular formula is C7H3BrClFN2. The summed E-state index contributed by atoms with van der Waals surface area (Å²) in [6, 6.07) is 1.32. The molecule has 62 valence electrons. The third-order valence-electron chi connectivity index (χ3n) is 1.54. The Morgan fingerprint density at radius 2 is 2.33 bits per heavy atom. The average molecular weight is 249 g/mol. The molecule has 2 nitrogen and oxygen atoms in total. The second-order valence-electron chi connectivity index (χ2n) is 2.39. The summed E-state index contributed by atoms with van der Waals surface area (Å²) in [6.45, 7) is 0. The van der Waals surface area contributed by atoms with Gasteiger partial charge in [-0.1, -0.05) is 11.6 Å². The fraction of sp³-hybridized carbons (Fsp3) is 0.143. The van der Waals surface area contributed by atoms with Gasteiger partial charge in [-0.3, -0.25) is 0 Å². The van der Waals surface area contributed by atoms with Crippen molar-refractivity contribution < 1.29 is 4.39 Å². The molecule has 2 rings (SSSR count). The Morgan fingerprint density at radius 1 is 1.58 bits per heavy atom. The average Bonchev–Trinajstić information content (AvgIpc) is 2.30. The number of fused-ring (bicyclic) bond motifs is 1. The van der Waals surface area contributed by atoms with Gasteiger partial charge in [0.05, 0.1) is 11.4 Å². The normalized spacial score (nSPS) is 14.4. The number of pyridine rings is 1. The van der Waals surface area contributed by atoms with E-state index in [-0.39, 0.29) is 4.60 Å². The molecule has 0 atom stereocenters. The number of hydrogen-bond acceptors (Lipinski definition) is 2. The summed E-state index contributed by atoms with van der Waals surface area (Å²) in [5.41, 5.74) is 1.24. The van der Waals surface area contributed by atoms with Crippen LogP contribution >= 0.6 is 27.5 Å². The van der Waals surface area contributed by atoms with E-state index in [1.807, 2.05) is 0 Å². The third-order valence-corrected chi connectivity index (χ3v) is 2.32. The van der Waals surface area contributed by atoms with Crippen LogP contribution in [-0.4, -0.2) is 10.2 Å².